The number of nitrogens with one attached hydrogen (secondary N) is 2. The maximum absolute atomic E-state index is 12.0. The predicted molar refractivity (Wildman–Crippen MR) is 82.4 cm³/mol. The summed E-state index contributed by atoms with van der Waals surface area (Å²) in [5.74, 6) is -0.0176. The van der Waals surface area contributed by atoms with Crippen LogP contribution in [0.3, 0.4) is 0 Å². The van der Waals surface area contributed by atoms with Crippen LogP contribution in [0, 0.1) is 5.92 Å². The third kappa shape index (κ3) is 5.25. The van der Waals surface area contributed by atoms with E-state index in [1.165, 1.54) is 13.5 Å². The van der Waals surface area contributed by atoms with E-state index in [0.717, 1.165) is 25.7 Å². The quantitative estimate of drug-likeness (QED) is 0.526. The van der Waals surface area contributed by atoms with Gasteiger partial charge < -0.3 is 20.5 Å². The molecule has 0 heterocycles. The summed E-state index contributed by atoms with van der Waals surface area (Å²) in [5, 5.41) is 15.7. The van der Waals surface area contributed by atoms with Crippen LogP contribution in [0.1, 0.15) is 46.0 Å². The molecular formula is C14H26N2O3S. The normalized spacial score (nSPS) is 18.2. The van der Waals surface area contributed by atoms with Gasteiger partial charge in [-0.05, 0) is 44.8 Å². The van der Waals surface area contributed by atoms with Crippen LogP contribution in [0.5, 0.6) is 0 Å². The number of aliphatic hydroxyl groups excluding tert-OH is 1. The zero-order chi connectivity index (χ0) is 15.2. The third-order valence-corrected chi connectivity index (χ3v) is 3.93. The molecule has 0 aromatic carbocycles. The Morgan fingerprint density at radius 3 is 2.50 bits per heavy atom. The van der Waals surface area contributed by atoms with Crippen LogP contribution in [-0.4, -0.2) is 41.5 Å². The van der Waals surface area contributed by atoms with Crippen molar-refractivity contribution in [2.75, 3.05) is 13.7 Å². The summed E-state index contributed by atoms with van der Waals surface area (Å²) < 4.78 is 4.88. The van der Waals surface area contributed by atoms with Gasteiger partial charge in [0.15, 0.2) is 5.11 Å². The molecule has 0 aromatic rings. The lowest BCUT2D eigenvalue weighted by Gasteiger charge is -2.32. The minimum absolute atomic E-state index is 0.0405. The van der Waals surface area contributed by atoms with Gasteiger partial charge in [0.2, 0.25) is 0 Å². The number of methoxy groups -OCH3 is 1. The summed E-state index contributed by atoms with van der Waals surface area (Å²) in [6.07, 6.45) is 5.53. The minimum atomic E-state index is -0.517. The van der Waals surface area contributed by atoms with Crippen LogP contribution in [-0.2, 0) is 9.53 Å². The van der Waals surface area contributed by atoms with Crippen molar-refractivity contribution in [3.8, 4) is 0 Å². The molecule has 3 N–H and O–H groups in total. The van der Waals surface area contributed by atoms with Gasteiger partial charge in [-0.3, -0.25) is 0 Å². The van der Waals surface area contributed by atoms with E-state index in [0.29, 0.717) is 5.11 Å². The van der Waals surface area contributed by atoms with Crippen molar-refractivity contribution >= 4 is 23.3 Å². The van der Waals surface area contributed by atoms with Crippen molar-refractivity contribution in [2.24, 2.45) is 5.92 Å². The Morgan fingerprint density at radius 1 is 1.40 bits per heavy atom. The van der Waals surface area contributed by atoms with E-state index in [1.54, 1.807) is 0 Å². The number of ether oxygens (including phenoxy) is 1. The van der Waals surface area contributed by atoms with Gasteiger partial charge in [0.05, 0.1) is 19.3 Å². The molecule has 0 radical (unpaired) electrons. The number of esters is 1. The molecule has 0 aliphatic heterocycles. The van der Waals surface area contributed by atoms with Gasteiger partial charge in [-0.25, -0.2) is 4.79 Å². The van der Waals surface area contributed by atoms with E-state index in [2.05, 4.69) is 10.6 Å². The van der Waals surface area contributed by atoms with Crippen LogP contribution >= 0.6 is 12.2 Å². The topological polar surface area (TPSA) is 70.6 Å². The molecule has 1 fully saturated rings. The van der Waals surface area contributed by atoms with Crippen molar-refractivity contribution in [1.82, 2.24) is 10.6 Å². The molecule has 1 atom stereocenters. The Bertz CT molecular complexity index is 341. The zero-order valence-corrected chi connectivity index (χ0v) is 13.4. The minimum Gasteiger partial charge on any atom is -0.467 e. The van der Waals surface area contributed by atoms with Crippen molar-refractivity contribution in [1.29, 1.82) is 0 Å². The molecule has 0 spiro atoms. The first-order valence-corrected chi connectivity index (χ1v) is 7.58. The molecule has 6 heteroatoms. The number of hydrogen-bond acceptors (Lipinski definition) is 4. The molecule has 1 aliphatic rings. The smallest absolute Gasteiger partial charge is 0.328 e. The highest BCUT2D eigenvalue weighted by atomic mass is 32.1. The summed E-state index contributed by atoms with van der Waals surface area (Å²) in [6, 6.07) is -0.408. The van der Waals surface area contributed by atoms with Gasteiger partial charge >= 0.3 is 5.97 Å². The van der Waals surface area contributed by atoms with Gasteiger partial charge in [-0.1, -0.05) is 19.3 Å². The van der Waals surface area contributed by atoms with Crippen molar-refractivity contribution in [3.05, 3.63) is 0 Å². The fraction of sp³-hybridized carbons (Fsp3) is 0.857. The van der Waals surface area contributed by atoms with E-state index < -0.39 is 11.6 Å². The number of hydrogen-bond donors (Lipinski definition) is 3. The molecule has 1 aliphatic carbocycles. The van der Waals surface area contributed by atoms with Crippen molar-refractivity contribution in [2.45, 2.75) is 57.5 Å². The number of carbonyl (C=O) groups excluding carboxylic acids is 1. The first-order valence-electron chi connectivity index (χ1n) is 7.17. The fourth-order valence-corrected chi connectivity index (χ4v) is 2.89. The summed E-state index contributed by atoms with van der Waals surface area (Å²) in [7, 11) is 1.40. The highest BCUT2D eigenvalue weighted by Gasteiger charge is 2.31. The predicted octanol–water partition coefficient (Wildman–Crippen LogP) is 1.34. The summed E-state index contributed by atoms with van der Waals surface area (Å²) in [5.41, 5.74) is -0.517. The van der Waals surface area contributed by atoms with Gasteiger partial charge in [0, 0.05) is 0 Å². The average molecular weight is 302 g/mol. The Kier molecular flexibility index (Phi) is 6.68. The summed E-state index contributed by atoms with van der Waals surface area (Å²) in [4.78, 5) is 12.0. The maximum atomic E-state index is 12.0. The van der Waals surface area contributed by atoms with Crippen molar-refractivity contribution in [3.63, 3.8) is 0 Å². The lowest BCUT2D eigenvalue weighted by atomic mass is 9.84. The van der Waals surface area contributed by atoms with Crippen LogP contribution in [0.15, 0.2) is 0 Å². The second-order valence-electron chi connectivity index (χ2n) is 6.04. The van der Waals surface area contributed by atoms with E-state index in [1.807, 2.05) is 13.8 Å². The Balaban J connectivity index is 2.64. The highest BCUT2D eigenvalue weighted by Crippen LogP contribution is 2.27. The number of carbonyl (C=O) groups is 1. The average Bonchev–Trinajstić information content (AvgIpc) is 2.44. The van der Waals surface area contributed by atoms with Crippen LogP contribution in [0.4, 0.5) is 0 Å². The molecule has 1 rings (SSSR count). The molecule has 20 heavy (non-hydrogen) atoms. The molecule has 0 amide bonds. The number of thiocarbonyl (C=S) groups is 1. The summed E-state index contributed by atoms with van der Waals surface area (Å²) in [6.45, 7) is 3.64. The number of aliphatic hydroxyl groups is 1. The Morgan fingerprint density at radius 2 is 2.00 bits per heavy atom. The van der Waals surface area contributed by atoms with Crippen LogP contribution in [0.25, 0.3) is 0 Å². The second kappa shape index (κ2) is 7.78. The Labute approximate surface area is 126 Å². The van der Waals surface area contributed by atoms with Gasteiger partial charge in [-0.2, -0.15) is 0 Å². The SMILES string of the molecule is COC(=O)[C@@H](NC(=S)NC(C)(C)CO)C1CCCCC1. The van der Waals surface area contributed by atoms with Crippen LogP contribution < -0.4 is 10.6 Å². The standard InChI is InChI=1S/C14H26N2O3S/c1-14(2,9-17)16-13(20)15-11(12(18)19-3)10-7-5-4-6-8-10/h10-11,17H,4-9H2,1-3H3,(H2,15,16,20)/t11-/m0/s1. The van der Waals surface area contributed by atoms with E-state index in [9.17, 15) is 9.90 Å². The molecule has 0 unspecified atom stereocenters. The van der Waals surface area contributed by atoms with Crippen LogP contribution in [0.2, 0.25) is 0 Å². The molecule has 116 valence electrons. The Hall–Kier alpha value is -0.880. The largest absolute Gasteiger partial charge is 0.467 e. The molecule has 0 saturated heterocycles. The van der Waals surface area contributed by atoms with E-state index in [-0.39, 0.29) is 18.5 Å². The number of rotatable bonds is 5. The highest BCUT2D eigenvalue weighted by molar-refractivity contribution is 7.80. The molecule has 0 bridgehead atoms. The second-order valence-corrected chi connectivity index (χ2v) is 6.45. The van der Waals surface area contributed by atoms with Crippen molar-refractivity contribution < 1.29 is 14.6 Å². The fourth-order valence-electron chi connectivity index (χ4n) is 2.49. The van der Waals surface area contributed by atoms with Gasteiger partial charge in [0.25, 0.3) is 0 Å². The maximum Gasteiger partial charge on any atom is 0.328 e. The lowest BCUT2D eigenvalue weighted by molar-refractivity contribution is -0.144. The molecule has 1 saturated carbocycles. The lowest BCUT2D eigenvalue weighted by Crippen LogP contribution is -2.56. The third-order valence-electron chi connectivity index (χ3n) is 3.71. The van der Waals surface area contributed by atoms with Gasteiger partial charge in [0.1, 0.15) is 6.04 Å². The zero-order valence-electron chi connectivity index (χ0n) is 12.6. The van der Waals surface area contributed by atoms with Gasteiger partial charge in [-0.15, -0.1) is 0 Å². The summed E-state index contributed by atoms with van der Waals surface area (Å²) >= 11 is 5.24. The first-order chi connectivity index (χ1) is 9.39. The monoisotopic (exact) mass is 302 g/mol. The van der Waals surface area contributed by atoms with E-state index >= 15 is 0 Å². The van der Waals surface area contributed by atoms with E-state index in [4.69, 9.17) is 17.0 Å². The molecule has 5 nitrogen and oxygen atoms in total. The molecular weight excluding hydrogens is 276 g/mol. The molecule has 0 aromatic heterocycles. The first kappa shape index (κ1) is 17.2.